The van der Waals surface area contributed by atoms with Gasteiger partial charge in [-0.15, -0.1) is 0 Å². The van der Waals surface area contributed by atoms with Crippen LogP contribution >= 0.6 is 11.8 Å². The van der Waals surface area contributed by atoms with Crippen LogP contribution in [0.1, 0.15) is 19.8 Å². The average molecular weight is 303 g/mol. The molecule has 1 fully saturated rings. The van der Waals surface area contributed by atoms with E-state index in [0.29, 0.717) is 5.92 Å². The molecule has 0 saturated carbocycles. The third kappa shape index (κ3) is 8.66. The lowest BCUT2D eigenvalue weighted by Gasteiger charge is -2.11. The zero-order valence-electron chi connectivity index (χ0n) is 12.8. The highest BCUT2D eigenvalue weighted by molar-refractivity contribution is 7.98. The van der Waals surface area contributed by atoms with Crippen molar-refractivity contribution in [1.82, 2.24) is 10.6 Å². The van der Waals surface area contributed by atoms with Crippen LogP contribution in [0.5, 0.6) is 0 Å². The lowest BCUT2D eigenvalue weighted by molar-refractivity contribution is 0.0893. The topological polar surface area (TPSA) is 54.9 Å². The average Bonchev–Trinajstić information content (AvgIpc) is 2.96. The van der Waals surface area contributed by atoms with Crippen molar-refractivity contribution in [3.8, 4) is 0 Å². The number of ether oxygens (including phenoxy) is 2. The van der Waals surface area contributed by atoms with Crippen LogP contribution < -0.4 is 10.6 Å². The van der Waals surface area contributed by atoms with E-state index in [4.69, 9.17) is 9.47 Å². The summed E-state index contributed by atoms with van der Waals surface area (Å²) in [5.74, 6) is 2.60. The van der Waals surface area contributed by atoms with Crippen LogP contribution in [-0.2, 0) is 9.47 Å². The van der Waals surface area contributed by atoms with Gasteiger partial charge in [-0.1, -0.05) is 0 Å². The highest BCUT2D eigenvalue weighted by Crippen LogP contribution is 2.12. The van der Waals surface area contributed by atoms with E-state index in [1.54, 1.807) is 0 Å². The summed E-state index contributed by atoms with van der Waals surface area (Å²) in [7, 11) is 0. The Balaban J connectivity index is 2.03. The largest absolute Gasteiger partial charge is 0.381 e. The quantitative estimate of drug-likeness (QED) is 0.362. The van der Waals surface area contributed by atoms with Crippen LogP contribution in [0.2, 0.25) is 0 Å². The number of thioether (sulfide) groups is 1. The van der Waals surface area contributed by atoms with Crippen LogP contribution in [-0.4, -0.2) is 64.0 Å². The number of guanidine groups is 1. The molecule has 20 heavy (non-hydrogen) atoms. The van der Waals surface area contributed by atoms with Crippen LogP contribution in [0, 0.1) is 5.92 Å². The maximum Gasteiger partial charge on any atom is 0.191 e. The molecular formula is C14H29N3O2S. The molecular weight excluding hydrogens is 274 g/mol. The molecule has 6 heteroatoms. The fourth-order valence-corrected chi connectivity index (χ4v) is 2.24. The minimum atomic E-state index is 0.601. The Morgan fingerprint density at radius 2 is 2.35 bits per heavy atom. The number of hydrogen-bond acceptors (Lipinski definition) is 4. The zero-order chi connectivity index (χ0) is 14.5. The Kier molecular flexibility index (Phi) is 10.8. The molecule has 1 unspecified atom stereocenters. The van der Waals surface area contributed by atoms with Gasteiger partial charge >= 0.3 is 0 Å². The monoisotopic (exact) mass is 303 g/mol. The molecule has 1 rings (SSSR count). The summed E-state index contributed by atoms with van der Waals surface area (Å²) in [6, 6.07) is 0. The Hall–Kier alpha value is -0.460. The van der Waals surface area contributed by atoms with Crippen molar-refractivity contribution in [2.24, 2.45) is 10.9 Å². The number of hydrogen-bond donors (Lipinski definition) is 2. The van der Waals surface area contributed by atoms with E-state index < -0.39 is 0 Å². The minimum Gasteiger partial charge on any atom is -0.381 e. The van der Waals surface area contributed by atoms with Gasteiger partial charge in [-0.3, -0.25) is 4.99 Å². The predicted octanol–water partition coefficient (Wildman–Crippen LogP) is 1.35. The molecule has 1 aliphatic rings. The van der Waals surface area contributed by atoms with Gasteiger partial charge < -0.3 is 20.1 Å². The van der Waals surface area contributed by atoms with Crippen LogP contribution in [0.25, 0.3) is 0 Å². The molecule has 0 aromatic carbocycles. The molecule has 1 atom stereocenters. The second-order valence-corrected chi connectivity index (χ2v) is 5.82. The number of rotatable bonds is 10. The summed E-state index contributed by atoms with van der Waals surface area (Å²) in [4.78, 5) is 4.54. The summed E-state index contributed by atoms with van der Waals surface area (Å²) in [6.45, 7) is 8.09. The van der Waals surface area contributed by atoms with Crippen molar-refractivity contribution >= 4 is 17.7 Å². The van der Waals surface area contributed by atoms with Gasteiger partial charge in [0.25, 0.3) is 0 Å². The van der Waals surface area contributed by atoms with Gasteiger partial charge in [-0.2, -0.15) is 11.8 Å². The van der Waals surface area contributed by atoms with E-state index >= 15 is 0 Å². The Bertz CT molecular complexity index is 259. The molecule has 0 aromatic heterocycles. The van der Waals surface area contributed by atoms with E-state index in [2.05, 4.69) is 28.8 Å². The van der Waals surface area contributed by atoms with Crippen molar-refractivity contribution in [2.75, 3.05) is 58.1 Å². The minimum absolute atomic E-state index is 0.601. The molecule has 0 bridgehead atoms. The Morgan fingerprint density at radius 3 is 3.05 bits per heavy atom. The van der Waals surface area contributed by atoms with Gasteiger partial charge in [0, 0.05) is 44.5 Å². The number of nitrogens with zero attached hydrogens (tertiary/aromatic N) is 1. The molecule has 1 saturated heterocycles. The fraction of sp³-hybridized carbons (Fsp3) is 0.929. The summed E-state index contributed by atoms with van der Waals surface area (Å²) in [5.41, 5.74) is 0. The lowest BCUT2D eigenvalue weighted by atomic mass is 10.1. The maximum absolute atomic E-state index is 5.66. The molecule has 5 nitrogen and oxygen atoms in total. The summed E-state index contributed by atoms with van der Waals surface area (Å²) in [5, 5.41) is 6.57. The van der Waals surface area contributed by atoms with Gasteiger partial charge in [-0.25, -0.2) is 0 Å². The van der Waals surface area contributed by atoms with Crippen molar-refractivity contribution < 1.29 is 9.47 Å². The van der Waals surface area contributed by atoms with E-state index in [0.717, 1.165) is 70.6 Å². The van der Waals surface area contributed by atoms with Crippen molar-refractivity contribution in [2.45, 2.75) is 19.8 Å². The Morgan fingerprint density at radius 1 is 1.45 bits per heavy atom. The first-order chi connectivity index (χ1) is 9.86. The highest BCUT2D eigenvalue weighted by Gasteiger charge is 2.14. The summed E-state index contributed by atoms with van der Waals surface area (Å²) in [6.07, 6.45) is 4.22. The fourth-order valence-electron chi connectivity index (χ4n) is 1.94. The molecule has 1 heterocycles. The second-order valence-electron chi connectivity index (χ2n) is 4.84. The van der Waals surface area contributed by atoms with E-state index in [1.165, 1.54) is 0 Å². The molecule has 1 aliphatic heterocycles. The van der Waals surface area contributed by atoms with Crippen LogP contribution in [0.15, 0.2) is 4.99 Å². The molecule has 0 radical (unpaired) electrons. The SMILES string of the molecule is CCNC(=NCCCOCC1CCOC1)NCCSC. The standard InChI is InChI=1S/C14H29N3O2S/c1-3-15-14(17-7-10-20-2)16-6-4-8-18-11-13-5-9-19-12-13/h13H,3-12H2,1-2H3,(H2,15,16,17). The van der Waals surface area contributed by atoms with Crippen LogP contribution in [0.4, 0.5) is 0 Å². The maximum atomic E-state index is 5.66. The van der Waals surface area contributed by atoms with Crippen molar-refractivity contribution in [3.63, 3.8) is 0 Å². The summed E-state index contributed by atoms with van der Waals surface area (Å²) >= 11 is 1.83. The van der Waals surface area contributed by atoms with Gasteiger partial charge in [0.05, 0.1) is 13.2 Å². The zero-order valence-corrected chi connectivity index (χ0v) is 13.6. The highest BCUT2D eigenvalue weighted by atomic mass is 32.2. The van der Waals surface area contributed by atoms with E-state index in [1.807, 2.05) is 11.8 Å². The smallest absolute Gasteiger partial charge is 0.191 e. The van der Waals surface area contributed by atoms with Gasteiger partial charge in [0.15, 0.2) is 5.96 Å². The lowest BCUT2D eigenvalue weighted by Crippen LogP contribution is -2.38. The number of aliphatic imine (C=N–C) groups is 1. The number of nitrogens with one attached hydrogen (secondary N) is 2. The molecule has 0 aromatic rings. The third-order valence-corrected chi connectivity index (χ3v) is 3.65. The van der Waals surface area contributed by atoms with E-state index in [9.17, 15) is 0 Å². The van der Waals surface area contributed by atoms with Crippen molar-refractivity contribution in [3.05, 3.63) is 0 Å². The first-order valence-corrected chi connectivity index (χ1v) is 8.92. The molecule has 2 N–H and O–H groups in total. The molecule has 0 aliphatic carbocycles. The van der Waals surface area contributed by atoms with Crippen LogP contribution in [0.3, 0.4) is 0 Å². The Labute approximate surface area is 127 Å². The molecule has 0 spiro atoms. The van der Waals surface area contributed by atoms with Gasteiger partial charge in [0.1, 0.15) is 0 Å². The second kappa shape index (κ2) is 12.3. The van der Waals surface area contributed by atoms with E-state index in [-0.39, 0.29) is 0 Å². The third-order valence-electron chi connectivity index (χ3n) is 3.04. The first kappa shape index (κ1) is 17.6. The predicted molar refractivity (Wildman–Crippen MR) is 86.7 cm³/mol. The summed E-state index contributed by atoms with van der Waals surface area (Å²) < 4.78 is 11.0. The molecule has 0 amide bonds. The van der Waals surface area contributed by atoms with Crippen molar-refractivity contribution in [1.29, 1.82) is 0 Å². The van der Waals surface area contributed by atoms with Gasteiger partial charge in [0.2, 0.25) is 0 Å². The van der Waals surface area contributed by atoms with Gasteiger partial charge in [-0.05, 0) is 26.0 Å². The first-order valence-electron chi connectivity index (χ1n) is 7.53. The normalized spacial score (nSPS) is 19.3. The molecule has 118 valence electrons.